The average Bonchev–Trinajstić information content (AvgIpc) is 2.93. The second-order valence-electron chi connectivity index (χ2n) is 6.85. The van der Waals surface area contributed by atoms with Crippen LogP contribution in [-0.4, -0.2) is 43.0 Å². The van der Waals surface area contributed by atoms with Crippen LogP contribution in [-0.2, 0) is 4.79 Å². The Balaban J connectivity index is 1.72. The van der Waals surface area contributed by atoms with Crippen molar-refractivity contribution >= 4 is 5.91 Å². The van der Waals surface area contributed by atoms with E-state index in [-0.39, 0.29) is 11.8 Å². The third kappa shape index (κ3) is 3.95. The molecule has 0 spiro atoms. The Kier molecular flexibility index (Phi) is 5.85. The second-order valence-corrected chi connectivity index (χ2v) is 6.85. The van der Waals surface area contributed by atoms with Crippen molar-refractivity contribution in [3.05, 3.63) is 0 Å². The van der Waals surface area contributed by atoms with E-state index in [9.17, 15) is 4.79 Å². The summed E-state index contributed by atoms with van der Waals surface area (Å²) in [6.45, 7) is 8.33. The Morgan fingerprint density at radius 1 is 1.30 bits per heavy atom. The zero-order valence-electron chi connectivity index (χ0n) is 13.1. The molecule has 0 aromatic rings. The molecular weight excluding hydrogens is 250 g/mol. The zero-order valence-corrected chi connectivity index (χ0v) is 13.1. The van der Waals surface area contributed by atoms with Crippen LogP contribution in [0.15, 0.2) is 0 Å². The predicted octanol–water partition coefficient (Wildman–Crippen LogP) is 1.60. The number of hydrogen-bond donors (Lipinski definition) is 2. The summed E-state index contributed by atoms with van der Waals surface area (Å²) in [6, 6.07) is 0.448. The maximum Gasteiger partial charge on any atom is 0.223 e. The lowest BCUT2D eigenvalue weighted by Crippen LogP contribution is -2.47. The number of amides is 1. The van der Waals surface area contributed by atoms with Gasteiger partial charge in [0.15, 0.2) is 0 Å². The molecule has 1 aliphatic carbocycles. The largest absolute Gasteiger partial charge is 0.354 e. The van der Waals surface area contributed by atoms with Crippen molar-refractivity contribution in [1.29, 1.82) is 0 Å². The predicted molar refractivity (Wildman–Crippen MR) is 82.3 cm³/mol. The number of nitrogens with one attached hydrogen (secondary N) is 1. The summed E-state index contributed by atoms with van der Waals surface area (Å²) in [5.41, 5.74) is 5.76. The first-order valence-electron chi connectivity index (χ1n) is 8.33. The Hall–Kier alpha value is -0.610. The van der Waals surface area contributed by atoms with Crippen LogP contribution in [0.1, 0.15) is 46.0 Å². The number of nitrogens with two attached hydrogens (primary N) is 1. The first kappa shape index (κ1) is 15.8. The summed E-state index contributed by atoms with van der Waals surface area (Å²) in [7, 11) is 0. The third-order valence-corrected chi connectivity index (χ3v) is 5.31. The molecule has 1 unspecified atom stereocenters. The fourth-order valence-electron chi connectivity index (χ4n) is 3.64. The molecule has 1 saturated carbocycles. The van der Waals surface area contributed by atoms with Crippen LogP contribution < -0.4 is 11.1 Å². The van der Waals surface area contributed by atoms with Gasteiger partial charge in [-0.05, 0) is 64.1 Å². The summed E-state index contributed by atoms with van der Waals surface area (Å²) in [5.74, 6) is 1.65. The summed E-state index contributed by atoms with van der Waals surface area (Å²) in [4.78, 5) is 14.8. The lowest BCUT2D eigenvalue weighted by molar-refractivity contribution is -0.126. The summed E-state index contributed by atoms with van der Waals surface area (Å²) < 4.78 is 0. The van der Waals surface area contributed by atoms with E-state index in [4.69, 9.17) is 5.73 Å². The fraction of sp³-hybridized carbons (Fsp3) is 0.938. The molecule has 3 atom stereocenters. The molecule has 0 radical (unpaired) electrons. The number of likely N-dealkylation sites (tertiary alicyclic amines) is 1. The minimum absolute atomic E-state index is 0.161. The highest BCUT2D eigenvalue weighted by Gasteiger charge is 2.32. The molecule has 20 heavy (non-hydrogen) atoms. The summed E-state index contributed by atoms with van der Waals surface area (Å²) >= 11 is 0. The number of carbonyl (C=O) groups is 1. The van der Waals surface area contributed by atoms with Crippen LogP contribution >= 0.6 is 0 Å². The molecule has 4 heteroatoms. The van der Waals surface area contributed by atoms with Crippen molar-refractivity contribution in [3.63, 3.8) is 0 Å². The van der Waals surface area contributed by atoms with E-state index < -0.39 is 0 Å². The van der Waals surface area contributed by atoms with E-state index in [1.807, 2.05) is 0 Å². The maximum absolute atomic E-state index is 12.3. The van der Waals surface area contributed by atoms with Gasteiger partial charge in [-0.3, -0.25) is 9.69 Å². The van der Waals surface area contributed by atoms with Gasteiger partial charge >= 0.3 is 0 Å². The molecule has 0 aromatic carbocycles. The molecule has 0 bridgehead atoms. The molecule has 0 aromatic heterocycles. The SMILES string of the molecule is CC1CCN(C(C)CNC(=O)[C@@H]2CCC[C@@H]2CN)CC1. The van der Waals surface area contributed by atoms with E-state index >= 15 is 0 Å². The van der Waals surface area contributed by atoms with Gasteiger partial charge in [0.2, 0.25) is 5.91 Å². The number of nitrogens with zero attached hydrogens (tertiary/aromatic N) is 1. The van der Waals surface area contributed by atoms with Gasteiger partial charge in [0.1, 0.15) is 0 Å². The number of carbonyl (C=O) groups excluding carboxylic acids is 1. The van der Waals surface area contributed by atoms with Crippen LogP contribution in [0.5, 0.6) is 0 Å². The lowest BCUT2D eigenvalue weighted by atomic mass is 9.95. The Labute approximate surface area is 123 Å². The third-order valence-electron chi connectivity index (χ3n) is 5.31. The molecule has 3 N–H and O–H groups in total. The monoisotopic (exact) mass is 281 g/mol. The molecule has 1 aliphatic heterocycles. The Morgan fingerprint density at radius 2 is 2.00 bits per heavy atom. The molecule has 2 aliphatic rings. The molecule has 1 amide bonds. The van der Waals surface area contributed by atoms with Gasteiger partial charge in [-0.25, -0.2) is 0 Å². The average molecular weight is 281 g/mol. The van der Waals surface area contributed by atoms with Crippen LogP contribution in [0.4, 0.5) is 0 Å². The smallest absolute Gasteiger partial charge is 0.223 e. The number of piperidine rings is 1. The summed E-state index contributed by atoms with van der Waals surface area (Å²) in [5, 5.41) is 3.16. The molecule has 4 nitrogen and oxygen atoms in total. The zero-order chi connectivity index (χ0) is 14.5. The van der Waals surface area contributed by atoms with Crippen LogP contribution in [0.3, 0.4) is 0 Å². The molecule has 2 fully saturated rings. The number of rotatable bonds is 5. The quantitative estimate of drug-likeness (QED) is 0.805. The van der Waals surface area contributed by atoms with Gasteiger partial charge < -0.3 is 11.1 Å². The second kappa shape index (κ2) is 7.41. The van der Waals surface area contributed by atoms with Gasteiger partial charge in [-0.1, -0.05) is 13.3 Å². The highest BCUT2D eigenvalue weighted by atomic mass is 16.1. The standard InChI is InChI=1S/C16H31N3O/c1-12-6-8-19(9-7-12)13(2)11-18-16(20)15-5-3-4-14(15)10-17/h12-15H,3-11,17H2,1-2H3,(H,18,20)/t13?,14-,15-/m1/s1. The fourth-order valence-corrected chi connectivity index (χ4v) is 3.64. The molecule has 1 saturated heterocycles. The Morgan fingerprint density at radius 3 is 2.65 bits per heavy atom. The van der Waals surface area contributed by atoms with Gasteiger partial charge in [0, 0.05) is 18.5 Å². The van der Waals surface area contributed by atoms with Crippen LogP contribution in [0.2, 0.25) is 0 Å². The van der Waals surface area contributed by atoms with E-state index in [0.29, 0.717) is 18.5 Å². The Bertz CT molecular complexity index is 313. The molecule has 1 heterocycles. The normalized spacial score (nSPS) is 30.4. The van der Waals surface area contributed by atoms with Gasteiger partial charge in [0.25, 0.3) is 0 Å². The minimum Gasteiger partial charge on any atom is -0.354 e. The van der Waals surface area contributed by atoms with E-state index in [1.54, 1.807) is 0 Å². The minimum atomic E-state index is 0.161. The molecule has 116 valence electrons. The molecular formula is C16H31N3O. The van der Waals surface area contributed by atoms with E-state index in [0.717, 1.165) is 31.7 Å². The molecule has 2 rings (SSSR count). The first-order chi connectivity index (χ1) is 9.61. The van der Waals surface area contributed by atoms with Crippen LogP contribution in [0, 0.1) is 17.8 Å². The first-order valence-corrected chi connectivity index (χ1v) is 8.33. The summed E-state index contributed by atoms with van der Waals surface area (Å²) in [6.07, 6.45) is 5.86. The van der Waals surface area contributed by atoms with Gasteiger partial charge in [-0.15, -0.1) is 0 Å². The van der Waals surface area contributed by atoms with Crippen molar-refractivity contribution in [2.24, 2.45) is 23.5 Å². The highest BCUT2D eigenvalue weighted by molar-refractivity contribution is 5.79. The van der Waals surface area contributed by atoms with Crippen molar-refractivity contribution in [2.75, 3.05) is 26.2 Å². The van der Waals surface area contributed by atoms with E-state index in [1.165, 1.54) is 25.9 Å². The van der Waals surface area contributed by atoms with Crippen molar-refractivity contribution in [3.8, 4) is 0 Å². The van der Waals surface area contributed by atoms with Gasteiger partial charge in [-0.2, -0.15) is 0 Å². The topological polar surface area (TPSA) is 58.4 Å². The maximum atomic E-state index is 12.3. The van der Waals surface area contributed by atoms with Crippen molar-refractivity contribution in [1.82, 2.24) is 10.2 Å². The van der Waals surface area contributed by atoms with Crippen molar-refractivity contribution in [2.45, 2.75) is 52.0 Å². The number of hydrogen-bond acceptors (Lipinski definition) is 3. The van der Waals surface area contributed by atoms with Gasteiger partial charge in [0.05, 0.1) is 0 Å². The van der Waals surface area contributed by atoms with Crippen molar-refractivity contribution < 1.29 is 4.79 Å². The van der Waals surface area contributed by atoms with E-state index in [2.05, 4.69) is 24.1 Å². The van der Waals surface area contributed by atoms with Crippen LogP contribution in [0.25, 0.3) is 0 Å². The highest BCUT2D eigenvalue weighted by Crippen LogP contribution is 2.30. The lowest BCUT2D eigenvalue weighted by Gasteiger charge is -2.35.